The average Bonchev–Trinajstić information content (AvgIpc) is 2.54. The lowest BCUT2D eigenvalue weighted by molar-refractivity contribution is -0.137. The zero-order valence-corrected chi connectivity index (χ0v) is 13.7. The Kier molecular flexibility index (Phi) is 6.59. The smallest absolute Gasteiger partial charge is 0.239 e. The van der Waals surface area contributed by atoms with E-state index in [-0.39, 0.29) is 24.3 Å². The van der Waals surface area contributed by atoms with Crippen molar-refractivity contribution in [2.45, 2.75) is 44.6 Å². The van der Waals surface area contributed by atoms with Crippen LogP contribution in [0.5, 0.6) is 0 Å². The molecule has 2 unspecified atom stereocenters. The van der Waals surface area contributed by atoms with E-state index in [1.54, 1.807) is 11.8 Å². The summed E-state index contributed by atoms with van der Waals surface area (Å²) in [6, 6.07) is 9.88. The predicted molar refractivity (Wildman–Crippen MR) is 88.9 cm³/mol. The van der Waals surface area contributed by atoms with Crippen molar-refractivity contribution in [1.29, 1.82) is 0 Å². The molecule has 1 heterocycles. The Hall–Kier alpha value is -1.88. The largest absolute Gasteiger partial charge is 0.393 e. The number of nitrogens with one attached hydrogen (secondary N) is 1. The molecule has 0 aliphatic carbocycles. The second-order valence-electron chi connectivity index (χ2n) is 6.27. The highest BCUT2D eigenvalue weighted by Gasteiger charge is 2.21. The number of aliphatic hydroxyl groups excluding tert-OH is 1. The van der Waals surface area contributed by atoms with Gasteiger partial charge in [0.15, 0.2) is 0 Å². The van der Waals surface area contributed by atoms with Gasteiger partial charge in [-0.15, -0.1) is 0 Å². The maximum absolute atomic E-state index is 12.1. The van der Waals surface area contributed by atoms with Crippen LogP contribution in [0, 0.1) is 0 Å². The van der Waals surface area contributed by atoms with E-state index < -0.39 is 6.10 Å². The van der Waals surface area contributed by atoms with Crippen molar-refractivity contribution in [3.05, 3.63) is 35.9 Å². The topological polar surface area (TPSA) is 69.6 Å². The van der Waals surface area contributed by atoms with Crippen LogP contribution in [0.3, 0.4) is 0 Å². The van der Waals surface area contributed by atoms with Crippen molar-refractivity contribution < 1.29 is 14.7 Å². The summed E-state index contributed by atoms with van der Waals surface area (Å²) in [4.78, 5) is 25.5. The molecular formula is C18H26N2O3. The highest BCUT2D eigenvalue weighted by Crippen LogP contribution is 2.20. The first-order chi connectivity index (χ1) is 11.1. The van der Waals surface area contributed by atoms with Gasteiger partial charge in [-0.2, -0.15) is 0 Å². The maximum atomic E-state index is 12.1. The normalized spacial score (nSPS) is 17.7. The van der Waals surface area contributed by atoms with E-state index in [0.29, 0.717) is 25.9 Å². The molecular weight excluding hydrogens is 292 g/mol. The molecule has 2 N–H and O–H groups in total. The lowest BCUT2D eigenvalue weighted by atomic mass is 9.93. The number of rotatable bonds is 7. The molecule has 1 aliphatic rings. The minimum Gasteiger partial charge on any atom is -0.393 e. The Labute approximate surface area is 137 Å². The lowest BCUT2D eigenvalue weighted by Gasteiger charge is -2.26. The van der Waals surface area contributed by atoms with Gasteiger partial charge in [-0.25, -0.2) is 0 Å². The van der Waals surface area contributed by atoms with Crippen molar-refractivity contribution in [2.24, 2.45) is 0 Å². The molecule has 1 aliphatic heterocycles. The molecule has 2 rings (SSSR count). The van der Waals surface area contributed by atoms with Crippen LogP contribution in [-0.2, 0) is 9.59 Å². The van der Waals surface area contributed by atoms with Gasteiger partial charge >= 0.3 is 0 Å². The third-order valence-electron chi connectivity index (χ3n) is 4.20. The first kappa shape index (κ1) is 17.5. The number of hydrogen-bond acceptors (Lipinski definition) is 3. The fraction of sp³-hybridized carbons (Fsp3) is 0.556. The van der Waals surface area contributed by atoms with Crippen LogP contribution in [0.1, 0.15) is 44.1 Å². The number of piperidine rings is 1. The Morgan fingerprint density at radius 1 is 1.30 bits per heavy atom. The quantitative estimate of drug-likeness (QED) is 0.803. The van der Waals surface area contributed by atoms with Gasteiger partial charge in [-0.05, 0) is 31.7 Å². The van der Waals surface area contributed by atoms with Gasteiger partial charge in [0.1, 0.15) is 0 Å². The zero-order valence-electron chi connectivity index (χ0n) is 13.7. The number of likely N-dealkylation sites (tertiary alicyclic amines) is 1. The predicted octanol–water partition coefficient (Wildman–Crippen LogP) is 1.67. The molecule has 1 aromatic carbocycles. The van der Waals surface area contributed by atoms with Crippen molar-refractivity contribution in [1.82, 2.24) is 10.2 Å². The van der Waals surface area contributed by atoms with Crippen molar-refractivity contribution >= 4 is 11.8 Å². The van der Waals surface area contributed by atoms with Gasteiger partial charge in [0, 0.05) is 25.4 Å². The fourth-order valence-corrected chi connectivity index (χ4v) is 2.97. The molecule has 2 atom stereocenters. The van der Waals surface area contributed by atoms with E-state index in [1.807, 2.05) is 30.3 Å². The van der Waals surface area contributed by atoms with Crippen molar-refractivity contribution in [3.8, 4) is 0 Å². The highest BCUT2D eigenvalue weighted by molar-refractivity contribution is 5.85. The molecule has 0 bridgehead atoms. The van der Waals surface area contributed by atoms with Gasteiger partial charge in [0.2, 0.25) is 11.8 Å². The zero-order chi connectivity index (χ0) is 16.7. The summed E-state index contributed by atoms with van der Waals surface area (Å²) >= 11 is 0. The number of nitrogens with zero attached hydrogens (tertiary/aromatic N) is 1. The average molecular weight is 318 g/mol. The van der Waals surface area contributed by atoms with Crippen molar-refractivity contribution in [2.75, 3.05) is 19.6 Å². The Morgan fingerprint density at radius 3 is 2.70 bits per heavy atom. The van der Waals surface area contributed by atoms with Gasteiger partial charge in [0.05, 0.1) is 12.6 Å². The molecule has 1 aromatic rings. The molecule has 0 spiro atoms. The Balaban J connectivity index is 1.87. The number of carbonyl (C=O) groups is 2. The number of aliphatic hydroxyl groups is 1. The molecule has 0 radical (unpaired) electrons. The first-order valence-electron chi connectivity index (χ1n) is 8.33. The van der Waals surface area contributed by atoms with Crippen LogP contribution in [0.15, 0.2) is 30.3 Å². The molecule has 23 heavy (non-hydrogen) atoms. The van der Waals surface area contributed by atoms with Gasteiger partial charge in [-0.1, -0.05) is 30.3 Å². The number of carbonyl (C=O) groups excluding carboxylic acids is 2. The molecule has 126 valence electrons. The second-order valence-corrected chi connectivity index (χ2v) is 6.27. The number of hydrogen-bond donors (Lipinski definition) is 2. The van der Waals surface area contributed by atoms with E-state index in [4.69, 9.17) is 0 Å². The number of benzene rings is 1. The van der Waals surface area contributed by atoms with Crippen LogP contribution in [0.4, 0.5) is 0 Å². The van der Waals surface area contributed by atoms with Gasteiger partial charge < -0.3 is 15.3 Å². The summed E-state index contributed by atoms with van der Waals surface area (Å²) in [6.07, 6.45) is 2.59. The van der Waals surface area contributed by atoms with E-state index in [9.17, 15) is 14.7 Å². The molecule has 0 saturated carbocycles. The van der Waals surface area contributed by atoms with Crippen LogP contribution in [-0.4, -0.2) is 47.6 Å². The molecule has 0 aromatic heterocycles. The minimum absolute atomic E-state index is 0.0648. The Bertz CT molecular complexity index is 516. The SMILES string of the molecule is CC(O)CC(CNC(=O)CN1CCCCC1=O)c1ccccc1. The second kappa shape index (κ2) is 8.67. The summed E-state index contributed by atoms with van der Waals surface area (Å²) in [5, 5.41) is 12.6. The van der Waals surface area contributed by atoms with Crippen molar-refractivity contribution in [3.63, 3.8) is 0 Å². The summed E-state index contributed by atoms with van der Waals surface area (Å²) in [5.41, 5.74) is 1.10. The third-order valence-corrected chi connectivity index (χ3v) is 4.20. The van der Waals surface area contributed by atoms with E-state index >= 15 is 0 Å². The summed E-state index contributed by atoms with van der Waals surface area (Å²) < 4.78 is 0. The minimum atomic E-state index is -0.430. The fourth-order valence-electron chi connectivity index (χ4n) is 2.97. The number of amides is 2. The molecule has 5 heteroatoms. The summed E-state index contributed by atoms with van der Waals surface area (Å²) in [6.45, 7) is 3.02. The molecule has 2 amide bonds. The summed E-state index contributed by atoms with van der Waals surface area (Å²) in [5.74, 6) is -0.000953. The standard InChI is InChI=1S/C18H26N2O3/c1-14(21)11-16(15-7-3-2-4-8-15)12-19-17(22)13-20-10-6-5-9-18(20)23/h2-4,7-8,14,16,21H,5-6,9-13H2,1H3,(H,19,22). The van der Waals surface area contributed by atoms with E-state index in [0.717, 1.165) is 18.4 Å². The molecule has 1 saturated heterocycles. The van der Waals surface area contributed by atoms with Crippen LogP contribution >= 0.6 is 0 Å². The van der Waals surface area contributed by atoms with Gasteiger partial charge in [-0.3, -0.25) is 9.59 Å². The molecule has 1 fully saturated rings. The lowest BCUT2D eigenvalue weighted by Crippen LogP contribution is -2.43. The Morgan fingerprint density at radius 2 is 2.04 bits per heavy atom. The monoisotopic (exact) mass is 318 g/mol. The maximum Gasteiger partial charge on any atom is 0.239 e. The van der Waals surface area contributed by atoms with E-state index in [1.165, 1.54) is 0 Å². The van der Waals surface area contributed by atoms with E-state index in [2.05, 4.69) is 5.32 Å². The van der Waals surface area contributed by atoms with Crippen LogP contribution < -0.4 is 5.32 Å². The third kappa shape index (κ3) is 5.67. The summed E-state index contributed by atoms with van der Waals surface area (Å²) in [7, 11) is 0. The van der Waals surface area contributed by atoms with Crippen LogP contribution in [0.25, 0.3) is 0 Å². The molecule has 5 nitrogen and oxygen atoms in total. The highest BCUT2D eigenvalue weighted by atomic mass is 16.3. The first-order valence-corrected chi connectivity index (χ1v) is 8.33. The van der Waals surface area contributed by atoms with Crippen LogP contribution in [0.2, 0.25) is 0 Å². The van der Waals surface area contributed by atoms with Gasteiger partial charge in [0.25, 0.3) is 0 Å².